The van der Waals surface area contributed by atoms with Crippen LogP contribution in [0.15, 0.2) is 0 Å². The van der Waals surface area contributed by atoms with E-state index < -0.39 is 5.92 Å². The van der Waals surface area contributed by atoms with E-state index in [9.17, 15) is 8.78 Å². The predicted molar refractivity (Wildman–Crippen MR) is 60.3 cm³/mol. The van der Waals surface area contributed by atoms with Gasteiger partial charge >= 0.3 is 0 Å². The summed E-state index contributed by atoms with van der Waals surface area (Å²) in [6.07, 6.45) is 10.3. The maximum atomic E-state index is 12.5. The molecule has 90 valence electrons. The van der Waals surface area contributed by atoms with E-state index in [1.165, 1.54) is 38.5 Å². The van der Waals surface area contributed by atoms with Crippen molar-refractivity contribution in [1.29, 1.82) is 0 Å². The van der Waals surface area contributed by atoms with E-state index in [0.717, 1.165) is 12.8 Å². The third kappa shape index (κ3) is 5.48. The van der Waals surface area contributed by atoms with Crippen LogP contribution in [0.5, 0.6) is 0 Å². The molecule has 1 aliphatic carbocycles. The van der Waals surface area contributed by atoms with Gasteiger partial charge in [0.2, 0.25) is 5.92 Å². The summed E-state index contributed by atoms with van der Waals surface area (Å²) in [6.45, 7) is 2.22. The average Bonchev–Trinajstić information content (AvgIpc) is 2.13. The van der Waals surface area contributed by atoms with Crippen LogP contribution in [0.1, 0.15) is 71.1 Å². The van der Waals surface area contributed by atoms with Gasteiger partial charge < -0.3 is 0 Å². The predicted octanol–water partition coefficient (Wildman–Crippen LogP) is 5.17. The van der Waals surface area contributed by atoms with Crippen molar-refractivity contribution in [1.82, 2.24) is 0 Å². The normalized spacial score (nSPS) is 20.2. The highest BCUT2D eigenvalue weighted by Crippen LogP contribution is 2.44. The molecule has 0 amide bonds. The quantitative estimate of drug-likeness (QED) is 0.493. The minimum Gasteiger partial charge on any atom is -0.207 e. The fraction of sp³-hybridized carbons (Fsp3) is 1.00. The largest absolute Gasteiger partial charge is 0.248 e. The number of hydrogen-bond acceptors (Lipinski definition) is 0. The summed E-state index contributed by atoms with van der Waals surface area (Å²) in [5.74, 6) is -1.98. The second-order valence-electron chi connectivity index (χ2n) is 5.04. The lowest BCUT2D eigenvalue weighted by atomic mass is 9.78. The number of alkyl halides is 2. The molecule has 0 bridgehead atoms. The Morgan fingerprint density at radius 2 is 1.47 bits per heavy atom. The SMILES string of the molecule is CCCCCCCCCC1CC(F)(F)C1. The number of rotatable bonds is 8. The molecule has 0 aromatic carbocycles. The monoisotopic (exact) mass is 218 g/mol. The summed E-state index contributed by atoms with van der Waals surface area (Å²) in [6, 6.07) is 0. The highest BCUT2D eigenvalue weighted by atomic mass is 19.3. The minimum absolute atomic E-state index is 0.156. The van der Waals surface area contributed by atoms with Crippen LogP contribution in [0.2, 0.25) is 0 Å². The smallest absolute Gasteiger partial charge is 0.207 e. The highest BCUT2D eigenvalue weighted by molar-refractivity contribution is 4.85. The Bertz CT molecular complexity index is 158. The molecule has 1 rings (SSSR count). The molecular weight excluding hydrogens is 194 g/mol. The van der Waals surface area contributed by atoms with Crippen LogP contribution in [0, 0.1) is 5.92 Å². The van der Waals surface area contributed by atoms with E-state index in [0.29, 0.717) is 5.92 Å². The van der Waals surface area contributed by atoms with Crippen molar-refractivity contribution in [2.24, 2.45) is 5.92 Å². The molecule has 15 heavy (non-hydrogen) atoms. The van der Waals surface area contributed by atoms with E-state index in [2.05, 4.69) is 6.92 Å². The molecule has 0 unspecified atom stereocenters. The van der Waals surface area contributed by atoms with Crippen molar-refractivity contribution in [2.45, 2.75) is 77.1 Å². The van der Waals surface area contributed by atoms with Crippen LogP contribution >= 0.6 is 0 Å². The lowest BCUT2D eigenvalue weighted by molar-refractivity contribution is -0.112. The van der Waals surface area contributed by atoms with Gasteiger partial charge in [0.25, 0.3) is 0 Å². The highest BCUT2D eigenvalue weighted by Gasteiger charge is 2.44. The van der Waals surface area contributed by atoms with Gasteiger partial charge in [0.1, 0.15) is 0 Å². The fourth-order valence-electron chi connectivity index (χ4n) is 2.38. The van der Waals surface area contributed by atoms with Crippen molar-refractivity contribution in [3.8, 4) is 0 Å². The first-order chi connectivity index (χ1) is 7.14. The molecule has 2 heteroatoms. The standard InChI is InChI=1S/C13H24F2/c1-2-3-4-5-6-7-8-9-12-10-13(14,15)11-12/h12H,2-11H2,1H3. The second kappa shape index (κ2) is 6.44. The molecular formula is C13H24F2. The molecule has 0 atom stereocenters. The molecule has 0 aromatic heterocycles. The maximum Gasteiger partial charge on any atom is 0.248 e. The van der Waals surface area contributed by atoms with Crippen LogP contribution in [0.3, 0.4) is 0 Å². The Kier molecular flexibility index (Phi) is 5.55. The minimum atomic E-state index is -2.31. The van der Waals surface area contributed by atoms with Gasteiger partial charge in [-0.3, -0.25) is 0 Å². The third-order valence-corrected chi connectivity index (χ3v) is 3.39. The van der Waals surface area contributed by atoms with Crippen LogP contribution in [0.4, 0.5) is 8.78 Å². The van der Waals surface area contributed by atoms with Gasteiger partial charge in [-0.05, 0) is 5.92 Å². The molecule has 0 heterocycles. The Balaban J connectivity index is 1.78. The topological polar surface area (TPSA) is 0 Å². The molecule has 0 N–H and O–H groups in total. The first-order valence-corrected chi connectivity index (χ1v) is 6.52. The molecule has 0 saturated heterocycles. The van der Waals surface area contributed by atoms with Gasteiger partial charge in [-0.25, -0.2) is 8.78 Å². The number of hydrogen-bond donors (Lipinski definition) is 0. The molecule has 0 radical (unpaired) electrons. The Morgan fingerprint density at radius 1 is 0.933 bits per heavy atom. The van der Waals surface area contributed by atoms with Gasteiger partial charge in [0.05, 0.1) is 0 Å². The first kappa shape index (κ1) is 12.9. The van der Waals surface area contributed by atoms with Crippen LogP contribution in [-0.2, 0) is 0 Å². The summed E-state index contributed by atoms with van der Waals surface area (Å²) >= 11 is 0. The van der Waals surface area contributed by atoms with Gasteiger partial charge in [-0.15, -0.1) is 0 Å². The molecule has 0 spiro atoms. The second-order valence-corrected chi connectivity index (χ2v) is 5.04. The zero-order valence-corrected chi connectivity index (χ0v) is 9.90. The van der Waals surface area contributed by atoms with Crippen molar-refractivity contribution in [2.75, 3.05) is 0 Å². The lowest BCUT2D eigenvalue weighted by Crippen LogP contribution is -2.35. The summed E-state index contributed by atoms with van der Waals surface area (Å²) < 4.78 is 25.0. The van der Waals surface area contributed by atoms with Gasteiger partial charge in [0.15, 0.2) is 0 Å². The summed E-state index contributed by atoms with van der Waals surface area (Å²) in [7, 11) is 0. The fourth-order valence-corrected chi connectivity index (χ4v) is 2.38. The first-order valence-electron chi connectivity index (χ1n) is 6.52. The molecule has 1 aliphatic rings. The summed E-state index contributed by atoms with van der Waals surface area (Å²) in [5, 5.41) is 0. The Labute approximate surface area is 92.4 Å². The lowest BCUT2D eigenvalue weighted by Gasteiger charge is -2.34. The van der Waals surface area contributed by atoms with E-state index in [4.69, 9.17) is 0 Å². The molecule has 0 nitrogen and oxygen atoms in total. The van der Waals surface area contributed by atoms with Crippen LogP contribution in [-0.4, -0.2) is 5.92 Å². The average molecular weight is 218 g/mol. The molecule has 0 aliphatic heterocycles. The van der Waals surface area contributed by atoms with E-state index >= 15 is 0 Å². The van der Waals surface area contributed by atoms with E-state index in [1.54, 1.807) is 0 Å². The van der Waals surface area contributed by atoms with Crippen molar-refractivity contribution in [3.63, 3.8) is 0 Å². The molecule has 0 aromatic rings. The summed E-state index contributed by atoms with van der Waals surface area (Å²) in [4.78, 5) is 0. The summed E-state index contributed by atoms with van der Waals surface area (Å²) in [5.41, 5.74) is 0. The zero-order valence-electron chi connectivity index (χ0n) is 9.90. The number of unbranched alkanes of at least 4 members (excludes halogenated alkanes) is 6. The Morgan fingerprint density at radius 3 is 2.00 bits per heavy atom. The van der Waals surface area contributed by atoms with Crippen molar-refractivity contribution < 1.29 is 8.78 Å². The molecule has 1 fully saturated rings. The van der Waals surface area contributed by atoms with Gasteiger partial charge in [-0.2, -0.15) is 0 Å². The van der Waals surface area contributed by atoms with Gasteiger partial charge in [0, 0.05) is 12.8 Å². The molecule has 1 saturated carbocycles. The van der Waals surface area contributed by atoms with Crippen molar-refractivity contribution >= 4 is 0 Å². The Hall–Kier alpha value is -0.140. The van der Waals surface area contributed by atoms with E-state index in [1.807, 2.05) is 0 Å². The van der Waals surface area contributed by atoms with E-state index in [-0.39, 0.29) is 12.8 Å². The van der Waals surface area contributed by atoms with Gasteiger partial charge in [-0.1, -0.05) is 58.3 Å². The zero-order chi connectivity index (χ0) is 11.1. The number of halogens is 2. The van der Waals surface area contributed by atoms with Crippen LogP contribution < -0.4 is 0 Å². The van der Waals surface area contributed by atoms with Crippen molar-refractivity contribution in [3.05, 3.63) is 0 Å². The van der Waals surface area contributed by atoms with Crippen LogP contribution in [0.25, 0.3) is 0 Å². The third-order valence-electron chi connectivity index (χ3n) is 3.39. The maximum absolute atomic E-state index is 12.5.